The molecule has 0 spiro atoms. The first-order chi connectivity index (χ1) is 8.11. The molecule has 0 saturated heterocycles. The summed E-state index contributed by atoms with van der Waals surface area (Å²) >= 11 is 1.63. The van der Waals surface area contributed by atoms with Gasteiger partial charge in [0.15, 0.2) is 5.13 Å². The number of aryl methyl sites for hydroxylation is 1. The number of nitrogens with zero attached hydrogens (tertiary/aromatic N) is 1. The summed E-state index contributed by atoms with van der Waals surface area (Å²) in [7, 11) is 0. The molecule has 0 amide bonds. The zero-order valence-electron chi connectivity index (χ0n) is 9.95. The molecule has 0 saturated carbocycles. The van der Waals surface area contributed by atoms with Crippen LogP contribution in [-0.4, -0.2) is 11.5 Å². The third-order valence-corrected chi connectivity index (χ3v) is 3.64. The lowest BCUT2D eigenvalue weighted by Gasteiger charge is -2.03. The van der Waals surface area contributed by atoms with Crippen molar-refractivity contribution < 1.29 is 0 Å². The summed E-state index contributed by atoms with van der Waals surface area (Å²) in [6, 6.07) is 5.70. The lowest BCUT2D eigenvalue weighted by Crippen LogP contribution is -1.94. The molecule has 0 fully saturated rings. The maximum Gasteiger partial charge on any atom is 0.183 e. The first kappa shape index (κ1) is 11.7. The second kappa shape index (κ2) is 4.63. The van der Waals surface area contributed by atoms with E-state index in [1.807, 2.05) is 25.1 Å². The fourth-order valence-corrected chi connectivity index (χ4v) is 2.64. The topological polar surface area (TPSA) is 77.0 Å². The van der Waals surface area contributed by atoms with Gasteiger partial charge in [0.25, 0.3) is 0 Å². The molecule has 1 aromatic heterocycles. The molecular weight excluding hydrogens is 232 g/mol. The van der Waals surface area contributed by atoms with Crippen molar-refractivity contribution in [3.63, 3.8) is 0 Å². The van der Waals surface area contributed by atoms with Crippen LogP contribution in [0.1, 0.15) is 12.6 Å². The van der Waals surface area contributed by atoms with Gasteiger partial charge in [-0.15, -0.1) is 0 Å². The van der Waals surface area contributed by atoms with E-state index < -0.39 is 0 Å². The number of thiazole rings is 1. The van der Waals surface area contributed by atoms with E-state index in [0.29, 0.717) is 11.4 Å². The number of nitrogens with two attached hydrogens (primary N) is 2. The third kappa shape index (κ3) is 2.34. The summed E-state index contributed by atoms with van der Waals surface area (Å²) in [5.74, 6) is 0. The van der Waals surface area contributed by atoms with Crippen LogP contribution in [0.25, 0.3) is 10.4 Å². The molecule has 0 bridgehead atoms. The Morgan fingerprint density at radius 3 is 2.71 bits per heavy atom. The van der Waals surface area contributed by atoms with Crippen molar-refractivity contribution in [3.05, 3.63) is 23.9 Å². The Bertz CT molecular complexity index is 533. The smallest absolute Gasteiger partial charge is 0.183 e. The van der Waals surface area contributed by atoms with E-state index in [-0.39, 0.29) is 0 Å². The molecule has 5 N–H and O–H groups in total. The number of hydrogen-bond acceptors (Lipinski definition) is 5. The van der Waals surface area contributed by atoms with Crippen molar-refractivity contribution in [3.8, 4) is 10.4 Å². The molecule has 1 aromatic carbocycles. The van der Waals surface area contributed by atoms with Crippen molar-refractivity contribution in [2.45, 2.75) is 13.8 Å². The Labute approximate surface area is 105 Å². The molecular formula is C12H16N4S. The van der Waals surface area contributed by atoms with E-state index >= 15 is 0 Å². The number of aromatic nitrogens is 1. The van der Waals surface area contributed by atoms with E-state index in [1.165, 1.54) is 0 Å². The van der Waals surface area contributed by atoms with Gasteiger partial charge in [0, 0.05) is 6.54 Å². The van der Waals surface area contributed by atoms with Gasteiger partial charge in [-0.2, -0.15) is 0 Å². The fourth-order valence-electron chi connectivity index (χ4n) is 1.61. The summed E-state index contributed by atoms with van der Waals surface area (Å²) < 4.78 is 0. The van der Waals surface area contributed by atoms with Crippen molar-refractivity contribution in [1.82, 2.24) is 4.98 Å². The Morgan fingerprint density at radius 1 is 1.29 bits per heavy atom. The molecule has 1 heterocycles. The van der Waals surface area contributed by atoms with E-state index in [4.69, 9.17) is 11.5 Å². The Balaban J connectivity index is 2.41. The van der Waals surface area contributed by atoms with Crippen LogP contribution in [0.15, 0.2) is 18.2 Å². The van der Waals surface area contributed by atoms with E-state index in [1.54, 1.807) is 11.3 Å². The minimum atomic E-state index is 0.611. The van der Waals surface area contributed by atoms with Crippen LogP contribution in [0.4, 0.5) is 16.5 Å². The molecule has 17 heavy (non-hydrogen) atoms. The van der Waals surface area contributed by atoms with Gasteiger partial charge in [-0.3, -0.25) is 0 Å². The highest BCUT2D eigenvalue weighted by Crippen LogP contribution is 2.34. The number of rotatable bonds is 3. The summed E-state index contributed by atoms with van der Waals surface area (Å²) in [5, 5.41) is 4.16. The van der Waals surface area contributed by atoms with Gasteiger partial charge < -0.3 is 16.8 Å². The van der Waals surface area contributed by atoms with Crippen molar-refractivity contribution in [2.75, 3.05) is 23.3 Å². The van der Waals surface area contributed by atoms with Crippen LogP contribution >= 0.6 is 11.3 Å². The molecule has 0 radical (unpaired) electrons. The van der Waals surface area contributed by atoms with Crippen LogP contribution in [0.3, 0.4) is 0 Å². The van der Waals surface area contributed by atoms with Gasteiger partial charge >= 0.3 is 0 Å². The first-order valence-electron chi connectivity index (χ1n) is 5.48. The number of nitrogens with one attached hydrogen (secondary N) is 1. The van der Waals surface area contributed by atoms with Crippen molar-refractivity contribution in [1.29, 1.82) is 0 Å². The van der Waals surface area contributed by atoms with Crippen molar-refractivity contribution in [2.24, 2.45) is 0 Å². The largest absolute Gasteiger partial charge is 0.397 e. The number of nitrogen functional groups attached to an aromatic ring is 2. The first-order valence-corrected chi connectivity index (χ1v) is 6.30. The lowest BCUT2D eigenvalue weighted by atomic mass is 10.1. The maximum absolute atomic E-state index is 5.82. The molecule has 0 unspecified atom stereocenters. The molecule has 0 aliphatic rings. The summed E-state index contributed by atoms with van der Waals surface area (Å²) in [5.41, 5.74) is 14.8. The maximum atomic E-state index is 5.82. The number of benzene rings is 1. The van der Waals surface area contributed by atoms with Gasteiger partial charge in [-0.1, -0.05) is 17.4 Å². The molecule has 2 aromatic rings. The molecule has 5 heteroatoms. The quantitative estimate of drug-likeness (QED) is 0.730. The van der Waals surface area contributed by atoms with E-state index in [9.17, 15) is 0 Å². The van der Waals surface area contributed by atoms with Gasteiger partial charge in [0.05, 0.1) is 21.9 Å². The van der Waals surface area contributed by atoms with Gasteiger partial charge in [0.2, 0.25) is 0 Å². The van der Waals surface area contributed by atoms with Crippen LogP contribution in [-0.2, 0) is 0 Å². The highest BCUT2D eigenvalue weighted by molar-refractivity contribution is 7.19. The van der Waals surface area contributed by atoms with Gasteiger partial charge in [-0.05, 0) is 31.5 Å². The minimum Gasteiger partial charge on any atom is -0.397 e. The Morgan fingerprint density at radius 2 is 2.06 bits per heavy atom. The van der Waals surface area contributed by atoms with Gasteiger partial charge in [-0.25, -0.2) is 4.98 Å². The van der Waals surface area contributed by atoms with Crippen LogP contribution < -0.4 is 16.8 Å². The highest BCUT2D eigenvalue weighted by Gasteiger charge is 2.10. The Hall–Kier alpha value is -1.75. The second-order valence-corrected chi connectivity index (χ2v) is 4.81. The Kier molecular flexibility index (Phi) is 3.19. The average Bonchev–Trinajstić information content (AvgIpc) is 2.64. The standard InChI is InChI=1S/C12H16N4S/c1-3-15-12-16-7(2)11(17-12)8-4-5-9(13)10(14)6-8/h4-6H,3,13-14H2,1-2H3,(H,15,16). The third-order valence-electron chi connectivity index (χ3n) is 2.47. The molecule has 2 rings (SSSR count). The number of anilines is 3. The monoisotopic (exact) mass is 248 g/mol. The fraction of sp³-hybridized carbons (Fsp3) is 0.250. The molecule has 4 nitrogen and oxygen atoms in total. The van der Waals surface area contributed by atoms with Gasteiger partial charge in [0.1, 0.15) is 0 Å². The van der Waals surface area contributed by atoms with E-state index in [2.05, 4.69) is 17.2 Å². The second-order valence-electron chi connectivity index (χ2n) is 3.81. The normalized spacial score (nSPS) is 10.5. The van der Waals surface area contributed by atoms with Crippen LogP contribution in [0.5, 0.6) is 0 Å². The highest BCUT2D eigenvalue weighted by atomic mass is 32.1. The summed E-state index contributed by atoms with van der Waals surface area (Å²) in [4.78, 5) is 5.60. The lowest BCUT2D eigenvalue weighted by molar-refractivity contribution is 1.17. The zero-order chi connectivity index (χ0) is 12.4. The predicted molar refractivity (Wildman–Crippen MR) is 75.3 cm³/mol. The molecule has 0 aliphatic heterocycles. The predicted octanol–water partition coefficient (Wildman–Crippen LogP) is 2.71. The zero-order valence-corrected chi connectivity index (χ0v) is 10.8. The molecule has 0 atom stereocenters. The SMILES string of the molecule is CCNc1nc(C)c(-c2ccc(N)c(N)c2)s1. The minimum absolute atomic E-state index is 0.611. The van der Waals surface area contributed by atoms with E-state index in [0.717, 1.165) is 27.8 Å². The average molecular weight is 248 g/mol. The number of hydrogen-bond donors (Lipinski definition) is 3. The summed E-state index contributed by atoms with van der Waals surface area (Å²) in [6.07, 6.45) is 0. The van der Waals surface area contributed by atoms with Crippen LogP contribution in [0, 0.1) is 6.92 Å². The van der Waals surface area contributed by atoms with Crippen LogP contribution in [0.2, 0.25) is 0 Å². The molecule has 0 aliphatic carbocycles. The van der Waals surface area contributed by atoms with Crippen molar-refractivity contribution >= 4 is 27.8 Å². The molecule has 90 valence electrons. The summed E-state index contributed by atoms with van der Waals surface area (Å²) in [6.45, 7) is 4.92.